The molecule has 0 radical (unpaired) electrons. The van der Waals surface area contributed by atoms with Gasteiger partial charge in [-0.05, 0) is 29.2 Å². The molecule has 2 N–H and O–H groups in total. The van der Waals surface area contributed by atoms with E-state index in [0.717, 1.165) is 11.1 Å². The fraction of sp³-hybridized carbons (Fsp3) is 0.222. The van der Waals surface area contributed by atoms with E-state index in [9.17, 15) is 4.79 Å². The standard InChI is InChI=1S/C18H18N2O3/c21-13-16-9-11-19-17(12-16)8-4-5-10-20-18(22)23-14-15-6-2-1-3-7-15/h1-3,6-7,9,11-12,21H,5,10,13-14H2,(H,20,22). The van der Waals surface area contributed by atoms with Crippen LogP contribution in [0.5, 0.6) is 0 Å². The molecule has 0 aliphatic heterocycles. The maximum absolute atomic E-state index is 11.5. The number of rotatable bonds is 5. The van der Waals surface area contributed by atoms with Gasteiger partial charge in [0.25, 0.3) is 0 Å². The molecule has 0 atom stereocenters. The highest BCUT2D eigenvalue weighted by Gasteiger charge is 2.00. The van der Waals surface area contributed by atoms with Crippen LogP contribution in [0.15, 0.2) is 48.7 Å². The summed E-state index contributed by atoms with van der Waals surface area (Å²) in [4.78, 5) is 15.6. The Bertz CT molecular complexity index is 690. The summed E-state index contributed by atoms with van der Waals surface area (Å²) in [5, 5.41) is 11.7. The maximum atomic E-state index is 11.5. The molecular formula is C18H18N2O3. The molecule has 0 aliphatic carbocycles. The van der Waals surface area contributed by atoms with Crippen LogP contribution in [0.25, 0.3) is 0 Å². The van der Waals surface area contributed by atoms with Crippen molar-refractivity contribution in [1.29, 1.82) is 0 Å². The van der Waals surface area contributed by atoms with Crippen LogP contribution in [-0.4, -0.2) is 22.7 Å². The summed E-state index contributed by atoms with van der Waals surface area (Å²) >= 11 is 0. The predicted molar refractivity (Wildman–Crippen MR) is 86.3 cm³/mol. The van der Waals surface area contributed by atoms with Gasteiger partial charge in [-0.2, -0.15) is 0 Å². The maximum Gasteiger partial charge on any atom is 0.407 e. The summed E-state index contributed by atoms with van der Waals surface area (Å²) in [6.07, 6.45) is 1.64. The van der Waals surface area contributed by atoms with Crippen molar-refractivity contribution in [3.63, 3.8) is 0 Å². The Morgan fingerprint density at radius 1 is 1.22 bits per heavy atom. The summed E-state index contributed by atoms with van der Waals surface area (Å²) in [6.45, 7) is 0.614. The minimum atomic E-state index is -0.462. The predicted octanol–water partition coefficient (Wildman–Crippen LogP) is 2.24. The summed E-state index contributed by atoms with van der Waals surface area (Å²) in [6, 6.07) is 13.0. The first kappa shape index (κ1) is 16.5. The highest BCUT2D eigenvalue weighted by Crippen LogP contribution is 2.01. The molecule has 0 saturated carbocycles. The van der Waals surface area contributed by atoms with Crippen molar-refractivity contribution in [2.45, 2.75) is 19.6 Å². The molecule has 0 bridgehead atoms. The number of benzene rings is 1. The monoisotopic (exact) mass is 310 g/mol. The average Bonchev–Trinajstić information content (AvgIpc) is 2.61. The molecule has 2 aromatic rings. The number of carbonyl (C=O) groups is 1. The number of nitrogens with one attached hydrogen (secondary N) is 1. The Labute approximate surface area is 135 Å². The van der Waals surface area contributed by atoms with Gasteiger partial charge in [0.2, 0.25) is 0 Å². The minimum Gasteiger partial charge on any atom is -0.445 e. The van der Waals surface area contributed by atoms with E-state index in [1.54, 1.807) is 18.3 Å². The fourth-order valence-corrected chi connectivity index (χ4v) is 1.80. The van der Waals surface area contributed by atoms with E-state index in [4.69, 9.17) is 9.84 Å². The molecule has 0 fully saturated rings. The lowest BCUT2D eigenvalue weighted by Crippen LogP contribution is -2.24. The lowest BCUT2D eigenvalue weighted by Gasteiger charge is -2.05. The number of ether oxygens (including phenoxy) is 1. The van der Waals surface area contributed by atoms with Gasteiger partial charge in [-0.3, -0.25) is 0 Å². The Morgan fingerprint density at radius 2 is 2.04 bits per heavy atom. The van der Waals surface area contributed by atoms with Crippen LogP contribution in [0.2, 0.25) is 0 Å². The Morgan fingerprint density at radius 3 is 2.83 bits per heavy atom. The SMILES string of the molecule is O=C(NCCC#Cc1cc(CO)ccn1)OCc1ccccc1. The fourth-order valence-electron chi connectivity index (χ4n) is 1.80. The molecule has 0 saturated heterocycles. The van der Waals surface area contributed by atoms with Crippen LogP contribution in [0, 0.1) is 11.8 Å². The number of aliphatic hydroxyl groups excluding tert-OH is 1. The number of aliphatic hydroxyl groups is 1. The lowest BCUT2D eigenvalue weighted by molar-refractivity contribution is 0.140. The van der Waals surface area contributed by atoms with Crippen molar-refractivity contribution < 1.29 is 14.6 Å². The zero-order chi connectivity index (χ0) is 16.3. The van der Waals surface area contributed by atoms with Gasteiger partial charge in [0.05, 0.1) is 6.61 Å². The molecule has 23 heavy (non-hydrogen) atoms. The Hall–Kier alpha value is -2.84. The number of pyridine rings is 1. The molecule has 0 spiro atoms. The zero-order valence-corrected chi connectivity index (χ0v) is 12.7. The second-order valence-corrected chi connectivity index (χ2v) is 4.75. The van der Waals surface area contributed by atoms with Crippen molar-refractivity contribution >= 4 is 6.09 Å². The van der Waals surface area contributed by atoms with Crippen LogP contribution in [0.3, 0.4) is 0 Å². The topological polar surface area (TPSA) is 71.5 Å². The third kappa shape index (κ3) is 6.20. The first-order chi connectivity index (χ1) is 11.3. The molecule has 118 valence electrons. The van der Waals surface area contributed by atoms with Gasteiger partial charge in [0.1, 0.15) is 12.3 Å². The minimum absolute atomic E-state index is 0.0357. The van der Waals surface area contributed by atoms with Crippen LogP contribution in [0.1, 0.15) is 23.2 Å². The van der Waals surface area contributed by atoms with Gasteiger partial charge in [0.15, 0.2) is 0 Å². The highest BCUT2D eigenvalue weighted by molar-refractivity contribution is 5.67. The number of hydrogen-bond acceptors (Lipinski definition) is 4. The summed E-state index contributed by atoms with van der Waals surface area (Å²) in [5.74, 6) is 5.80. The third-order valence-corrected chi connectivity index (χ3v) is 2.96. The molecule has 1 aromatic carbocycles. The smallest absolute Gasteiger partial charge is 0.407 e. The summed E-state index contributed by atoms with van der Waals surface area (Å²) in [7, 11) is 0. The van der Waals surface area contributed by atoms with Crippen molar-refractivity contribution in [3.8, 4) is 11.8 Å². The van der Waals surface area contributed by atoms with Crippen molar-refractivity contribution in [2.75, 3.05) is 6.54 Å². The van der Waals surface area contributed by atoms with Gasteiger partial charge in [-0.15, -0.1) is 0 Å². The van der Waals surface area contributed by atoms with E-state index in [0.29, 0.717) is 18.7 Å². The van der Waals surface area contributed by atoms with E-state index < -0.39 is 6.09 Å². The summed E-state index contributed by atoms with van der Waals surface area (Å²) in [5.41, 5.74) is 2.31. The number of hydrogen-bond donors (Lipinski definition) is 2. The molecular weight excluding hydrogens is 292 g/mol. The quantitative estimate of drug-likeness (QED) is 0.656. The van der Waals surface area contributed by atoms with E-state index >= 15 is 0 Å². The molecule has 5 nitrogen and oxygen atoms in total. The largest absolute Gasteiger partial charge is 0.445 e. The molecule has 1 aromatic heterocycles. The average molecular weight is 310 g/mol. The third-order valence-electron chi connectivity index (χ3n) is 2.96. The van der Waals surface area contributed by atoms with Crippen molar-refractivity contribution in [3.05, 3.63) is 65.5 Å². The molecule has 2 rings (SSSR count). The molecule has 1 amide bonds. The van der Waals surface area contributed by atoms with Gasteiger partial charge in [-0.1, -0.05) is 36.3 Å². The van der Waals surface area contributed by atoms with Crippen LogP contribution in [0.4, 0.5) is 4.79 Å². The Balaban J connectivity index is 1.67. The second kappa shape index (κ2) is 9.23. The highest BCUT2D eigenvalue weighted by atomic mass is 16.5. The Kier molecular flexibility index (Phi) is 6.64. The lowest BCUT2D eigenvalue weighted by atomic mass is 10.2. The van der Waals surface area contributed by atoms with Crippen LogP contribution >= 0.6 is 0 Å². The number of carbonyl (C=O) groups excluding carboxylic acids is 1. The molecule has 1 heterocycles. The van der Waals surface area contributed by atoms with Crippen molar-refractivity contribution in [1.82, 2.24) is 10.3 Å². The summed E-state index contributed by atoms with van der Waals surface area (Å²) < 4.78 is 5.08. The first-order valence-corrected chi connectivity index (χ1v) is 7.27. The van der Waals surface area contributed by atoms with Crippen LogP contribution < -0.4 is 5.32 Å². The molecule has 5 heteroatoms. The van der Waals surface area contributed by atoms with Crippen LogP contribution in [-0.2, 0) is 18.0 Å². The number of nitrogens with zero attached hydrogens (tertiary/aromatic N) is 1. The van der Waals surface area contributed by atoms with E-state index in [-0.39, 0.29) is 13.2 Å². The van der Waals surface area contributed by atoms with Crippen molar-refractivity contribution in [2.24, 2.45) is 0 Å². The number of alkyl carbamates (subject to hydrolysis) is 1. The second-order valence-electron chi connectivity index (χ2n) is 4.75. The van der Waals surface area contributed by atoms with Gasteiger partial charge in [0, 0.05) is 19.2 Å². The zero-order valence-electron chi connectivity index (χ0n) is 12.7. The number of amides is 1. The van der Waals surface area contributed by atoms with E-state index in [1.165, 1.54) is 0 Å². The normalized spacial score (nSPS) is 9.61. The van der Waals surface area contributed by atoms with E-state index in [2.05, 4.69) is 22.1 Å². The number of aromatic nitrogens is 1. The van der Waals surface area contributed by atoms with E-state index in [1.807, 2.05) is 30.3 Å². The van der Waals surface area contributed by atoms with Gasteiger partial charge in [-0.25, -0.2) is 9.78 Å². The molecule has 0 unspecified atom stereocenters. The van der Waals surface area contributed by atoms with Gasteiger partial charge >= 0.3 is 6.09 Å². The first-order valence-electron chi connectivity index (χ1n) is 7.27. The molecule has 0 aliphatic rings. The van der Waals surface area contributed by atoms with Gasteiger partial charge < -0.3 is 15.2 Å².